The molecule has 4 rings (SSSR count). The summed E-state index contributed by atoms with van der Waals surface area (Å²) in [5.41, 5.74) is 1.14. The summed E-state index contributed by atoms with van der Waals surface area (Å²) >= 11 is 0. The zero-order valence-corrected chi connectivity index (χ0v) is 15.2. The standard InChI is InChI=1S/C20H17F2N3O3/c1-27-11-6-7-16(28-2)15(8-11)25-10-23-19-13(9-17(26)24-20(19)25)12-4-3-5-14(21)18(12)22/h3-8,10,13H,9H2,1-2H3,(H,24,26)/t13-/m1/s1. The molecule has 1 atom stereocenters. The normalized spacial score (nSPS) is 15.7. The molecule has 144 valence electrons. The average Bonchev–Trinajstić information content (AvgIpc) is 3.12. The lowest BCUT2D eigenvalue weighted by molar-refractivity contribution is -0.116. The van der Waals surface area contributed by atoms with Crippen LogP contribution >= 0.6 is 0 Å². The van der Waals surface area contributed by atoms with Crippen molar-refractivity contribution < 1.29 is 23.0 Å². The Balaban J connectivity index is 1.87. The van der Waals surface area contributed by atoms with Crippen LogP contribution in [-0.2, 0) is 4.79 Å². The number of nitrogens with zero attached hydrogens (tertiary/aromatic N) is 2. The predicted molar refractivity (Wildman–Crippen MR) is 98.1 cm³/mol. The molecule has 0 unspecified atom stereocenters. The quantitative estimate of drug-likeness (QED) is 0.745. The van der Waals surface area contributed by atoms with E-state index in [0.717, 1.165) is 6.07 Å². The van der Waals surface area contributed by atoms with Gasteiger partial charge in [0, 0.05) is 24.0 Å². The number of amides is 1. The molecule has 3 aromatic rings. The van der Waals surface area contributed by atoms with E-state index in [-0.39, 0.29) is 17.9 Å². The Morgan fingerprint density at radius 1 is 1.18 bits per heavy atom. The third kappa shape index (κ3) is 2.87. The van der Waals surface area contributed by atoms with Crippen molar-refractivity contribution in [3.8, 4) is 17.2 Å². The molecule has 8 heteroatoms. The molecular formula is C20H17F2N3O3. The maximum Gasteiger partial charge on any atom is 0.226 e. The second-order valence-corrected chi connectivity index (χ2v) is 6.33. The van der Waals surface area contributed by atoms with Crippen LogP contribution in [0.3, 0.4) is 0 Å². The van der Waals surface area contributed by atoms with Gasteiger partial charge in [0.25, 0.3) is 0 Å². The molecule has 1 N–H and O–H groups in total. The SMILES string of the molecule is COc1ccc(OC)c(-n2cnc3c2NC(=O)C[C@@H]3c2cccc(F)c2F)c1. The van der Waals surface area contributed by atoms with Crippen LogP contribution in [0.2, 0.25) is 0 Å². The van der Waals surface area contributed by atoms with E-state index >= 15 is 0 Å². The zero-order valence-electron chi connectivity index (χ0n) is 15.2. The van der Waals surface area contributed by atoms with Gasteiger partial charge in [0.1, 0.15) is 23.6 Å². The predicted octanol–water partition coefficient (Wildman–Crippen LogP) is 3.64. The molecule has 2 heterocycles. The molecule has 0 bridgehead atoms. The van der Waals surface area contributed by atoms with Crippen LogP contribution in [0.5, 0.6) is 11.5 Å². The van der Waals surface area contributed by atoms with E-state index in [1.807, 2.05) is 0 Å². The number of aromatic nitrogens is 2. The molecule has 1 aliphatic heterocycles. The largest absolute Gasteiger partial charge is 0.497 e. The number of ether oxygens (including phenoxy) is 2. The number of methoxy groups -OCH3 is 2. The number of benzene rings is 2. The van der Waals surface area contributed by atoms with Gasteiger partial charge in [-0.05, 0) is 18.2 Å². The van der Waals surface area contributed by atoms with Crippen molar-refractivity contribution in [1.29, 1.82) is 0 Å². The van der Waals surface area contributed by atoms with Crippen LogP contribution in [0.15, 0.2) is 42.7 Å². The lowest BCUT2D eigenvalue weighted by atomic mass is 9.89. The average molecular weight is 385 g/mol. The highest BCUT2D eigenvalue weighted by atomic mass is 19.2. The number of carbonyl (C=O) groups is 1. The molecule has 28 heavy (non-hydrogen) atoms. The van der Waals surface area contributed by atoms with Crippen molar-refractivity contribution in [2.45, 2.75) is 12.3 Å². The molecular weight excluding hydrogens is 368 g/mol. The smallest absolute Gasteiger partial charge is 0.226 e. The summed E-state index contributed by atoms with van der Waals surface area (Å²) in [6.07, 6.45) is 1.48. The summed E-state index contributed by atoms with van der Waals surface area (Å²) in [6.45, 7) is 0. The van der Waals surface area contributed by atoms with Crippen LogP contribution in [0, 0.1) is 11.6 Å². The van der Waals surface area contributed by atoms with Crippen molar-refractivity contribution >= 4 is 11.7 Å². The first kappa shape index (κ1) is 18.0. The molecule has 0 saturated carbocycles. The number of hydrogen-bond donors (Lipinski definition) is 1. The van der Waals surface area contributed by atoms with E-state index < -0.39 is 17.6 Å². The summed E-state index contributed by atoms with van der Waals surface area (Å²) in [5, 5.41) is 2.78. The Kier molecular flexibility index (Phi) is 4.46. The Morgan fingerprint density at radius 2 is 2.00 bits per heavy atom. The first-order valence-electron chi connectivity index (χ1n) is 8.57. The number of hydrogen-bond acceptors (Lipinski definition) is 4. The summed E-state index contributed by atoms with van der Waals surface area (Å²) in [4.78, 5) is 16.7. The highest BCUT2D eigenvalue weighted by molar-refractivity contribution is 5.94. The maximum atomic E-state index is 14.4. The van der Waals surface area contributed by atoms with Gasteiger partial charge in [-0.1, -0.05) is 12.1 Å². The number of rotatable bonds is 4. The van der Waals surface area contributed by atoms with Gasteiger partial charge in [0.15, 0.2) is 11.6 Å². The van der Waals surface area contributed by atoms with Gasteiger partial charge in [0.2, 0.25) is 5.91 Å². The van der Waals surface area contributed by atoms with Crippen LogP contribution in [0.4, 0.5) is 14.6 Å². The molecule has 0 spiro atoms. The van der Waals surface area contributed by atoms with E-state index in [4.69, 9.17) is 9.47 Å². The third-order valence-corrected chi connectivity index (χ3v) is 4.78. The van der Waals surface area contributed by atoms with E-state index in [1.54, 1.807) is 29.9 Å². The molecule has 0 saturated heterocycles. The highest BCUT2D eigenvalue weighted by Crippen LogP contribution is 2.40. The minimum absolute atomic E-state index is 0.0281. The van der Waals surface area contributed by atoms with E-state index in [9.17, 15) is 13.6 Å². The highest BCUT2D eigenvalue weighted by Gasteiger charge is 2.33. The second-order valence-electron chi connectivity index (χ2n) is 6.33. The number of imidazole rings is 1. The zero-order chi connectivity index (χ0) is 19.8. The van der Waals surface area contributed by atoms with Crippen LogP contribution in [0.1, 0.15) is 23.6 Å². The lowest BCUT2D eigenvalue weighted by Crippen LogP contribution is -2.25. The monoisotopic (exact) mass is 385 g/mol. The topological polar surface area (TPSA) is 65.4 Å². The molecule has 0 aliphatic carbocycles. The Hall–Kier alpha value is -3.42. The molecule has 0 fully saturated rings. The maximum absolute atomic E-state index is 14.4. The first-order chi connectivity index (χ1) is 13.5. The molecule has 1 aromatic heterocycles. The van der Waals surface area contributed by atoms with E-state index in [0.29, 0.717) is 28.7 Å². The summed E-state index contributed by atoms with van der Waals surface area (Å²) in [6, 6.07) is 9.14. The number of anilines is 1. The number of nitrogens with one attached hydrogen (secondary N) is 1. The molecule has 6 nitrogen and oxygen atoms in total. The summed E-state index contributed by atoms with van der Waals surface area (Å²) in [5.74, 6) is -1.43. The fraction of sp³-hybridized carbons (Fsp3) is 0.200. The van der Waals surface area contributed by atoms with Crippen molar-refractivity contribution in [2.24, 2.45) is 0 Å². The number of halogens is 2. The van der Waals surface area contributed by atoms with Gasteiger partial charge in [-0.25, -0.2) is 13.8 Å². The Morgan fingerprint density at radius 3 is 2.75 bits per heavy atom. The van der Waals surface area contributed by atoms with Crippen molar-refractivity contribution in [2.75, 3.05) is 19.5 Å². The van der Waals surface area contributed by atoms with Crippen LogP contribution in [-0.4, -0.2) is 29.7 Å². The summed E-state index contributed by atoms with van der Waals surface area (Å²) in [7, 11) is 3.07. The van der Waals surface area contributed by atoms with Crippen molar-refractivity contribution in [3.63, 3.8) is 0 Å². The van der Waals surface area contributed by atoms with Gasteiger partial charge in [-0.3, -0.25) is 9.36 Å². The van der Waals surface area contributed by atoms with Gasteiger partial charge in [0.05, 0.1) is 25.6 Å². The Labute approximate surface area is 159 Å². The van der Waals surface area contributed by atoms with Crippen LogP contribution in [0.25, 0.3) is 5.69 Å². The second kappa shape index (κ2) is 6.95. The van der Waals surface area contributed by atoms with E-state index in [1.165, 1.54) is 25.6 Å². The van der Waals surface area contributed by atoms with Gasteiger partial charge in [-0.15, -0.1) is 0 Å². The molecule has 1 aliphatic rings. The fourth-order valence-corrected chi connectivity index (χ4v) is 3.42. The third-order valence-electron chi connectivity index (χ3n) is 4.78. The number of fused-ring (bicyclic) bond motifs is 1. The fourth-order valence-electron chi connectivity index (χ4n) is 3.42. The lowest BCUT2D eigenvalue weighted by Gasteiger charge is -2.24. The minimum Gasteiger partial charge on any atom is -0.497 e. The van der Waals surface area contributed by atoms with Gasteiger partial charge < -0.3 is 14.8 Å². The van der Waals surface area contributed by atoms with Gasteiger partial charge in [-0.2, -0.15) is 0 Å². The van der Waals surface area contributed by atoms with Crippen molar-refractivity contribution in [1.82, 2.24) is 9.55 Å². The minimum atomic E-state index is -0.971. The van der Waals surface area contributed by atoms with Gasteiger partial charge >= 0.3 is 0 Å². The molecule has 1 amide bonds. The van der Waals surface area contributed by atoms with Crippen LogP contribution < -0.4 is 14.8 Å². The molecule has 0 radical (unpaired) electrons. The van der Waals surface area contributed by atoms with E-state index in [2.05, 4.69) is 10.3 Å². The first-order valence-corrected chi connectivity index (χ1v) is 8.57. The molecule has 2 aromatic carbocycles. The number of carbonyl (C=O) groups excluding carboxylic acids is 1. The Bertz CT molecular complexity index is 1060. The van der Waals surface area contributed by atoms with Crippen molar-refractivity contribution in [3.05, 3.63) is 65.6 Å². The summed E-state index contributed by atoms with van der Waals surface area (Å²) < 4.78 is 40.4.